The van der Waals surface area contributed by atoms with E-state index in [9.17, 15) is 18.3 Å². The second kappa shape index (κ2) is 7.86. The number of unbranched alkanes of at least 4 members (excludes halogenated alkanes) is 1. The number of nitrogens with zero attached hydrogens (tertiary/aromatic N) is 1. The first kappa shape index (κ1) is 15.7. The van der Waals surface area contributed by atoms with Gasteiger partial charge in [0.1, 0.15) is 0 Å². The van der Waals surface area contributed by atoms with E-state index in [2.05, 4.69) is 0 Å². The molecule has 0 aromatic carbocycles. The summed E-state index contributed by atoms with van der Waals surface area (Å²) in [5.74, 6) is 0. The van der Waals surface area contributed by atoms with Gasteiger partial charge in [-0.25, -0.2) is 0 Å². The van der Waals surface area contributed by atoms with E-state index in [1.165, 1.54) is 7.05 Å². The van der Waals surface area contributed by atoms with E-state index in [4.69, 9.17) is 4.74 Å². The Hall–Kier alpha value is -0.330. The number of hydrogen-bond donors (Lipinski definition) is 1. The number of likely N-dealkylation sites (N-methyl/N-ethyl adjacent to an activating group) is 1. The highest BCUT2D eigenvalue weighted by Gasteiger charge is 2.29. The fraction of sp³-hybridized carbons (Fsp3) is 1.00. The van der Waals surface area contributed by atoms with Crippen molar-refractivity contribution in [3.63, 3.8) is 0 Å². The molecule has 1 atom stereocenters. The average Bonchev–Trinajstić information content (AvgIpc) is 2.09. The quantitative estimate of drug-likeness (QED) is 0.658. The fourth-order valence-corrected chi connectivity index (χ4v) is 1.25. The van der Waals surface area contributed by atoms with Crippen LogP contribution < -0.4 is 0 Å². The summed E-state index contributed by atoms with van der Waals surface area (Å²) in [7, 11) is 1.32. The highest BCUT2D eigenvalue weighted by Crippen LogP contribution is 2.15. The van der Waals surface area contributed by atoms with Crippen LogP contribution in [0.15, 0.2) is 0 Å². The predicted octanol–water partition coefficient (Wildman–Crippen LogP) is 1.66. The molecule has 0 heterocycles. The van der Waals surface area contributed by atoms with E-state index in [0.29, 0.717) is 6.61 Å². The summed E-state index contributed by atoms with van der Waals surface area (Å²) in [6.45, 7) is 1.58. The van der Waals surface area contributed by atoms with Crippen LogP contribution in [0.25, 0.3) is 0 Å². The number of alkyl halides is 3. The third-order valence-corrected chi connectivity index (χ3v) is 1.92. The van der Waals surface area contributed by atoms with Crippen molar-refractivity contribution < 1.29 is 23.0 Å². The summed E-state index contributed by atoms with van der Waals surface area (Å²) in [6, 6.07) is 0. The average molecular weight is 243 g/mol. The summed E-state index contributed by atoms with van der Waals surface area (Å²) in [5.41, 5.74) is 0. The molecule has 0 saturated heterocycles. The van der Waals surface area contributed by atoms with E-state index in [1.807, 2.05) is 6.92 Å². The third kappa shape index (κ3) is 10.2. The Labute approximate surface area is 94.2 Å². The Morgan fingerprint density at radius 2 is 2.00 bits per heavy atom. The lowest BCUT2D eigenvalue weighted by Gasteiger charge is -2.21. The van der Waals surface area contributed by atoms with Crippen LogP contribution in [0.2, 0.25) is 0 Å². The van der Waals surface area contributed by atoms with Crippen molar-refractivity contribution in [3.05, 3.63) is 0 Å². The van der Waals surface area contributed by atoms with Gasteiger partial charge in [-0.05, 0) is 13.5 Å². The maximum atomic E-state index is 12.0. The lowest BCUT2D eigenvalue weighted by atomic mass is 10.3. The van der Waals surface area contributed by atoms with Crippen LogP contribution in [0.5, 0.6) is 0 Å². The summed E-state index contributed by atoms with van der Waals surface area (Å²) < 4.78 is 41.0. The van der Waals surface area contributed by atoms with Crippen LogP contribution in [0.4, 0.5) is 13.2 Å². The second-order valence-corrected chi connectivity index (χ2v) is 3.89. The van der Waals surface area contributed by atoms with Crippen molar-refractivity contribution in [3.8, 4) is 0 Å². The summed E-state index contributed by atoms with van der Waals surface area (Å²) in [4.78, 5) is 1.04. The van der Waals surface area contributed by atoms with Crippen molar-refractivity contribution in [1.82, 2.24) is 4.90 Å². The molecular weight excluding hydrogens is 223 g/mol. The molecule has 0 saturated carbocycles. The van der Waals surface area contributed by atoms with E-state index in [0.717, 1.165) is 17.7 Å². The van der Waals surface area contributed by atoms with Gasteiger partial charge in [0.25, 0.3) is 0 Å². The van der Waals surface area contributed by atoms with Crippen LogP contribution in [-0.2, 0) is 4.74 Å². The van der Waals surface area contributed by atoms with Crippen LogP contribution in [0.3, 0.4) is 0 Å². The Bertz CT molecular complexity index is 176. The van der Waals surface area contributed by atoms with Crippen molar-refractivity contribution in [2.24, 2.45) is 0 Å². The van der Waals surface area contributed by atoms with Gasteiger partial charge in [-0.2, -0.15) is 13.2 Å². The minimum Gasteiger partial charge on any atom is -0.389 e. The molecule has 0 aromatic rings. The minimum absolute atomic E-state index is 0.0361. The molecular formula is C10H20F3NO2. The molecule has 0 spiro atoms. The topological polar surface area (TPSA) is 32.7 Å². The number of halogens is 3. The van der Waals surface area contributed by atoms with Gasteiger partial charge in [-0.1, -0.05) is 13.3 Å². The number of hydrogen-bond acceptors (Lipinski definition) is 3. The van der Waals surface area contributed by atoms with Crippen molar-refractivity contribution in [1.29, 1.82) is 0 Å². The highest BCUT2D eigenvalue weighted by atomic mass is 19.4. The van der Waals surface area contributed by atoms with Crippen LogP contribution >= 0.6 is 0 Å². The summed E-state index contributed by atoms with van der Waals surface area (Å²) in [5, 5.41) is 9.38. The number of ether oxygens (including phenoxy) is 1. The molecule has 0 aliphatic rings. The number of aliphatic hydroxyl groups is 1. The smallest absolute Gasteiger partial charge is 0.389 e. The molecule has 0 aliphatic carbocycles. The maximum Gasteiger partial charge on any atom is 0.401 e. The number of rotatable bonds is 8. The molecule has 1 unspecified atom stereocenters. The van der Waals surface area contributed by atoms with Gasteiger partial charge in [0.05, 0.1) is 19.3 Å². The van der Waals surface area contributed by atoms with Crippen molar-refractivity contribution in [2.75, 3.05) is 33.4 Å². The largest absolute Gasteiger partial charge is 0.401 e. The van der Waals surface area contributed by atoms with E-state index in [1.54, 1.807) is 0 Å². The molecule has 3 nitrogen and oxygen atoms in total. The molecule has 16 heavy (non-hydrogen) atoms. The summed E-state index contributed by atoms with van der Waals surface area (Å²) >= 11 is 0. The SMILES string of the molecule is CCCCOCC(O)CN(C)CC(F)(F)F. The van der Waals surface area contributed by atoms with Crippen molar-refractivity contribution >= 4 is 0 Å². The molecule has 0 aromatic heterocycles. The van der Waals surface area contributed by atoms with Crippen LogP contribution in [0.1, 0.15) is 19.8 Å². The Morgan fingerprint density at radius 3 is 2.50 bits per heavy atom. The molecule has 6 heteroatoms. The lowest BCUT2D eigenvalue weighted by Crippen LogP contribution is -2.38. The molecule has 0 rings (SSSR count). The molecule has 0 amide bonds. The zero-order chi connectivity index (χ0) is 12.6. The normalized spacial score (nSPS) is 14.4. The van der Waals surface area contributed by atoms with Crippen LogP contribution in [-0.4, -0.2) is 55.6 Å². The lowest BCUT2D eigenvalue weighted by molar-refractivity contribution is -0.146. The summed E-state index contributed by atoms with van der Waals surface area (Å²) in [6.07, 6.45) is -3.21. The molecule has 98 valence electrons. The monoisotopic (exact) mass is 243 g/mol. The zero-order valence-electron chi connectivity index (χ0n) is 9.76. The third-order valence-electron chi connectivity index (χ3n) is 1.92. The van der Waals surface area contributed by atoms with Crippen LogP contribution in [0, 0.1) is 0 Å². The highest BCUT2D eigenvalue weighted by molar-refractivity contribution is 4.64. The van der Waals surface area contributed by atoms with E-state index >= 15 is 0 Å². The van der Waals surface area contributed by atoms with Gasteiger partial charge in [0.2, 0.25) is 0 Å². The molecule has 1 N–H and O–H groups in total. The minimum atomic E-state index is -4.22. The van der Waals surface area contributed by atoms with Gasteiger partial charge < -0.3 is 9.84 Å². The maximum absolute atomic E-state index is 12.0. The first-order chi connectivity index (χ1) is 7.35. The molecule has 0 fully saturated rings. The standard InChI is InChI=1S/C10H20F3NO2/c1-3-4-5-16-7-9(15)6-14(2)8-10(11,12)13/h9,15H,3-8H2,1-2H3. The fourth-order valence-electron chi connectivity index (χ4n) is 1.25. The Morgan fingerprint density at radius 1 is 1.38 bits per heavy atom. The second-order valence-electron chi connectivity index (χ2n) is 3.89. The molecule has 0 aliphatic heterocycles. The van der Waals surface area contributed by atoms with Gasteiger partial charge in [0.15, 0.2) is 0 Å². The zero-order valence-corrected chi connectivity index (χ0v) is 9.76. The van der Waals surface area contributed by atoms with Crippen molar-refractivity contribution in [2.45, 2.75) is 32.0 Å². The van der Waals surface area contributed by atoms with Gasteiger partial charge >= 0.3 is 6.18 Å². The molecule has 0 radical (unpaired) electrons. The Balaban J connectivity index is 3.58. The first-order valence-corrected chi connectivity index (χ1v) is 5.36. The Kier molecular flexibility index (Phi) is 7.70. The number of aliphatic hydroxyl groups excluding tert-OH is 1. The van der Waals surface area contributed by atoms with Gasteiger partial charge in [-0.3, -0.25) is 4.90 Å². The van der Waals surface area contributed by atoms with Gasteiger partial charge in [0, 0.05) is 13.2 Å². The van der Waals surface area contributed by atoms with Gasteiger partial charge in [-0.15, -0.1) is 0 Å². The van der Waals surface area contributed by atoms with E-state index < -0.39 is 18.8 Å². The van der Waals surface area contributed by atoms with E-state index in [-0.39, 0.29) is 13.2 Å². The molecule has 0 bridgehead atoms. The predicted molar refractivity (Wildman–Crippen MR) is 55.3 cm³/mol. The first-order valence-electron chi connectivity index (χ1n) is 5.36.